The number of nitrogens with two attached hydrogens (primary N) is 1. The summed E-state index contributed by atoms with van der Waals surface area (Å²) < 4.78 is 0. The van der Waals surface area contributed by atoms with Crippen molar-refractivity contribution < 1.29 is 14.7 Å². The standard InChI is InChI=1S/C14H22N2O3S/c1-14(2,3)7-9(8-15)12(17)16-11(13(18)19)10-5-4-6-20-10/h4-6,9,11H,7-8,15H2,1-3H3,(H,16,17)(H,18,19). The molecule has 2 unspecified atom stereocenters. The van der Waals surface area contributed by atoms with Crippen LogP contribution < -0.4 is 11.1 Å². The number of hydrogen-bond donors (Lipinski definition) is 3. The third kappa shape index (κ3) is 4.94. The van der Waals surface area contributed by atoms with E-state index in [2.05, 4.69) is 5.32 Å². The van der Waals surface area contributed by atoms with Crippen LogP contribution in [0.1, 0.15) is 38.1 Å². The molecule has 0 radical (unpaired) electrons. The van der Waals surface area contributed by atoms with Crippen LogP contribution in [0, 0.1) is 11.3 Å². The molecule has 0 bridgehead atoms. The summed E-state index contributed by atoms with van der Waals surface area (Å²) in [4.78, 5) is 24.1. The molecular weight excluding hydrogens is 276 g/mol. The Balaban J connectivity index is 2.78. The fourth-order valence-electron chi connectivity index (χ4n) is 1.99. The predicted molar refractivity (Wildman–Crippen MR) is 79.5 cm³/mol. The summed E-state index contributed by atoms with van der Waals surface area (Å²) in [5.74, 6) is -1.74. The third-order valence-electron chi connectivity index (χ3n) is 2.88. The summed E-state index contributed by atoms with van der Waals surface area (Å²) in [5, 5.41) is 13.6. The van der Waals surface area contributed by atoms with Gasteiger partial charge in [-0.25, -0.2) is 4.79 Å². The Morgan fingerprint density at radius 2 is 2.10 bits per heavy atom. The van der Waals surface area contributed by atoms with Crippen LogP contribution in [0.4, 0.5) is 0 Å². The molecule has 1 aromatic rings. The molecule has 112 valence electrons. The minimum absolute atomic E-state index is 0.0387. The van der Waals surface area contributed by atoms with Gasteiger partial charge in [-0.2, -0.15) is 0 Å². The smallest absolute Gasteiger partial charge is 0.331 e. The quantitative estimate of drug-likeness (QED) is 0.749. The number of rotatable bonds is 6. The largest absolute Gasteiger partial charge is 0.479 e. The molecule has 1 amide bonds. The van der Waals surface area contributed by atoms with Crippen molar-refractivity contribution in [3.8, 4) is 0 Å². The molecule has 4 N–H and O–H groups in total. The number of amides is 1. The zero-order valence-electron chi connectivity index (χ0n) is 12.1. The second-order valence-electron chi connectivity index (χ2n) is 5.99. The van der Waals surface area contributed by atoms with Gasteiger partial charge in [-0.15, -0.1) is 11.3 Å². The Morgan fingerprint density at radius 3 is 2.50 bits per heavy atom. The topological polar surface area (TPSA) is 92.4 Å². The fraction of sp³-hybridized carbons (Fsp3) is 0.571. The third-order valence-corrected chi connectivity index (χ3v) is 3.81. The zero-order valence-corrected chi connectivity index (χ0v) is 12.9. The molecule has 0 aliphatic carbocycles. The Kier molecular flexibility index (Phi) is 5.71. The van der Waals surface area contributed by atoms with E-state index < -0.39 is 12.0 Å². The molecular formula is C14H22N2O3S. The second kappa shape index (κ2) is 6.85. The Labute approximate surface area is 123 Å². The summed E-state index contributed by atoms with van der Waals surface area (Å²) in [6.07, 6.45) is 0.617. The number of aliphatic carboxylic acids is 1. The average molecular weight is 298 g/mol. The van der Waals surface area contributed by atoms with Gasteiger partial charge in [0.2, 0.25) is 5.91 Å². The van der Waals surface area contributed by atoms with Crippen molar-refractivity contribution in [2.24, 2.45) is 17.1 Å². The van der Waals surface area contributed by atoms with Crippen LogP contribution in [-0.4, -0.2) is 23.5 Å². The van der Waals surface area contributed by atoms with Gasteiger partial charge < -0.3 is 16.2 Å². The molecule has 0 aliphatic heterocycles. The summed E-state index contributed by atoms with van der Waals surface area (Å²) in [6.45, 7) is 6.28. The molecule has 0 spiro atoms. The number of nitrogens with one attached hydrogen (secondary N) is 1. The van der Waals surface area contributed by atoms with Crippen LogP contribution >= 0.6 is 11.3 Å². The summed E-state index contributed by atoms with van der Waals surface area (Å²) in [6, 6.07) is 2.46. The highest BCUT2D eigenvalue weighted by Gasteiger charge is 2.29. The van der Waals surface area contributed by atoms with Crippen molar-refractivity contribution in [2.45, 2.75) is 33.2 Å². The highest BCUT2D eigenvalue weighted by atomic mass is 32.1. The predicted octanol–water partition coefficient (Wildman–Crippen LogP) is 2.00. The van der Waals surface area contributed by atoms with E-state index in [-0.39, 0.29) is 23.8 Å². The lowest BCUT2D eigenvalue weighted by Gasteiger charge is -2.25. The van der Waals surface area contributed by atoms with E-state index in [1.54, 1.807) is 17.5 Å². The molecule has 0 aliphatic rings. The van der Waals surface area contributed by atoms with E-state index in [1.807, 2.05) is 20.8 Å². The Bertz CT molecular complexity index is 451. The van der Waals surface area contributed by atoms with Gasteiger partial charge in [-0.3, -0.25) is 4.79 Å². The van der Waals surface area contributed by atoms with E-state index in [9.17, 15) is 14.7 Å². The molecule has 1 aromatic heterocycles. The van der Waals surface area contributed by atoms with Gasteiger partial charge in [0, 0.05) is 11.4 Å². The van der Waals surface area contributed by atoms with Crippen LogP contribution in [0.15, 0.2) is 17.5 Å². The van der Waals surface area contributed by atoms with Gasteiger partial charge in [0.25, 0.3) is 0 Å². The van der Waals surface area contributed by atoms with Crippen molar-refractivity contribution in [3.63, 3.8) is 0 Å². The first kappa shape index (κ1) is 16.7. The van der Waals surface area contributed by atoms with Crippen molar-refractivity contribution >= 4 is 23.2 Å². The van der Waals surface area contributed by atoms with Gasteiger partial charge in [-0.1, -0.05) is 26.8 Å². The van der Waals surface area contributed by atoms with Crippen molar-refractivity contribution in [2.75, 3.05) is 6.54 Å². The highest BCUT2D eigenvalue weighted by Crippen LogP contribution is 2.25. The molecule has 0 saturated carbocycles. The molecule has 0 fully saturated rings. The summed E-state index contributed by atoms with van der Waals surface area (Å²) >= 11 is 1.31. The molecule has 2 atom stereocenters. The van der Waals surface area contributed by atoms with E-state index in [4.69, 9.17) is 5.73 Å². The fourth-order valence-corrected chi connectivity index (χ4v) is 2.76. The van der Waals surface area contributed by atoms with E-state index in [1.165, 1.54) is 11.3 Å². The monoisotopic (exact) mass is 298 g/mol. The number of thiophene rings is 1. The maximum Gasteiger partial charge on any atom is 0.331 e. The van der Waals surface area contributed by atoms with Gasteiger partial charge >= 0.3 is 5.97 Å². The minimum Gasteiger partial charge on any atom is -0.479 e. The lowest BCUT2D eigenvalue weighted by molar-refractivity contribution is -0.142. The van der Waals surface area contributed by atoms with Crippen molar-refractivity contribution in [1.82, 2.24) is 5.32 Å². The zero-order chi connectivity index (χ0) is 15.3. The first-order chi connectivity index (χ1) is 9.24. The number of carboxylic acid groups (broad SMARTS) is 1. The van der Waals surface area contributed by atoms with Gasteiger partial charge in [0.05, 0.1) is 5.92 Å². The normalized spacial score (nSPS) is 14.6. The van der Waals surface area contributed by atoms with Crippen molar-refractivity contribution in [1.29, 1.82) is 0 Å². The minimum atomic E-state index is -1.06. The van der Waals surface area contributed by atoms with Crippen LogP contribution in [-0.2, 0) is 9.59 Å². The maximum atomic E-state index is 12.2. The van der Waals surface area contributed by atoms with Gasteiger partial charge in [0.1, 0.15) is 0 Å². The molecule has 6 heteroatoms. The maximum absolute atomic E-state index is 12.2. The molecule has 20 heavy (non-hydrogen) atoms. The lowest BCUT2D eigenvalue weighted by Crippen LogP contribution is -2.41. The van der Waals surface area contributed by atoms with Gasteiger partial charge in [-0.05, 0) is 23.3 Å². The average Bonchev–Trinajstić information content (AvgIpc) is 2.84. The van der Waals surface area contributed by atoms with Crippen LogP contribution in [0.25, 0.3) is 0 Å². The van der Waals surface area contributed by atoms with E-state index in [0.29, 0.717) is 11.3 Å². The Hall–Kier alpha value is -1.40. The SMILES string of the molecule is CC(C)(C)CC(CN)C(=O)NC(C(=O)O)c1cccs1. The van der Waals surface area contributed by atoms with E-state index in [0.717, 1.165) is 0 Å². The molecule has 1 rings (SSSR count). The molecule has 0 saturated heterocycles. The van der Waals surface area contributed by atoms with E-state index >= 15 is 0 Å². The number of hydrogen-bond acceptors (Lipinski definition) is 4. The number of carbonyl (C=O) groups excluding carboxylic acids is 1. The molecule has 1 heterocycles. The Morgan fingerprint density at radius 1 is 1.45 bits per heavy atom. The van der Waals surface area contributed by atoms with Crippen LogP contribution in [0.3, 0.4) is 0 Å². The summed E-state index contributed by atoms with van der Waals surface area (Å²) in [5.41, 5.74) is 5.61. The van der Waals surface area contributed by atoms with Crippen LogP contribution in [0.5, 0.6) is 0 Å². The summed E-state index contributed by atoms with van der Waals surface area (Å²) in [7, 11) is 0. The highest BCUT2D eigenvalue weighted by molar-refractivity contribution is 7.10. The number of carboxylic acids is 1. The number of carbonyl (C=O) groups is 2. The molecule has 5 nitrogen and oxygen atoms in total. The second-order valence-corrected chi connectivity index (χ2v) is 6.97. The van der Waals surface area contributed by atoms with Crippen LogP contribution in [0.2, 0.25) is 0 Å². The van der Waals surface area contributed by atoms with Crippen molar-refractivity contribution in [3.05, 3.63) is 22.4 Å². The molecule has 0 aromatic carbocycles. The lowest BCUT2D eigenvalue weighted by atomic mass is 9.84. The van der Waals surface area contributed by atoms with Gasteiger partial charge in [0.15, 0.2) is 6.04 Å². The first-order valence-corrected chi connectivity index (χ1v) is 7.39. The first-order valence-electron chi connectivity index (χ1n) is 6.51.